The molecule has 0 spiro atoms. The van der Waals surface area contributed by atoms with Crippen LogP contribution in [-0.4, -0.2) is 24.4 Å². The second-order valence-electron chi connectivity index (χ2n) is 3.99. The Labute approximate surface area is 123 Å². The lowest BCUT2D eigenvalue weighted by atomic mass is 10.3. The summed E-state index contributed by atoms with van der Waals surface area (Å²) in [5.74, 6) is -1.78. The first kappa shape index (κ1) is 14.8. The van der Waals surface area contributed by atoms with Crippen molar-refractivity contribution in [3.8, 4) is 0 Å². The molecule has 0 aliphatic rings. The summed E-state index contributed by atoms with van der Waals surface area (Å²) >= 11 is 1.24. The number of thiophene rings is 1. The van der Waals surface area contributed by atoms with Crippen molar-refractivity contribution in [3.63, 3.8) is 0 Å². The van der Waals surface area contributed by atoms with Gasteiger partial charge in [0.15, 0.2) is 12.4 Å². The van der Waals surface area contributed by atoms with Gasteiger partial charge in [0.2, 0.25) is 0 Å². The average molecular weight is 308 g/mol. The summed E-state index contributed by atoms with van der Waals surface area (Å²) in [6.45, 7) is 1.28. The van der Waals surface area contributed by atoms with Gasteiger partial charge >= 0.3 is 11.9 Å². The van der Waals surface area contributed by atoms with E-state index in [1.54, 1.807) is 24.4 Å². The van der Waals surface area contributed by atoms with Crippen LogP contribution in [0.15, 0.2) is 34.3 Å². The molecule has 0 saturated heterocycles. The Hall–Kier alpha value is -2.61. The fraction of sp³-hybridized carbons (Fsp3) is 0.154. The molecule has 0 atom stereocenters. The van der Waals surface area contributed by atoms with Gasteiger partial charge in [0, 0.05) is 0 Å². The van der Waals surface area contributed by atoms with Crippen LogP contribution in [0.25, 0.3) is 0 Å². The lowest BCUT2D eigenvalue weighted by Gasteiger charge is -2.06. The van der Waals surface area contributed by atoms with Gasteiger partial charge in [0.05, 0.1) is 6.26 Å². The molecule has 0 saturated carbocycles. The summed E-state index contributed by atoms with van der Waals surface area (Å²) in [6, 6.07) is 4.77. The number of hydrogen-bond acceptors (Lipinski definition) is 6. The number of hydrogen-bond donors (Lipinski definition) is 2. The van der Waals surface area contributed by atoms with Crippen molar-refractivity contribution in [2.75, 3.05) is 6.61 Å². The van der Waals surface area contributed by atoms with E-state index in [1.165, 1.54) is 23.7 Å². The predicted molar refractivity (Wildman–Crippen MR) is 73.7 cm³/mol. The molecule has 0 aliphatic carbocycles. The lowest BCUT2D eigenvalue weighted by Crippen LogP contribution is -2.43. The molecule has 2 heterocycles. The molecule has 2 aromatic rings. The largest absolute Gasteiger partial charge is 0.459 e. The highest BCUT2D eigenvalue weighted by Gasteiger charge is 2.14. The topological polar surface area (TPSA) is 97.6 Å². The third kappa shape index (κ3) is 3.93. The van der Waals surface area contributed by atoms with E-state index < -0.39 is 24.4 Å². The van der Waals surface area contributed by atoms with E-state index in [9.17, 15) is 14.4 Å². The van der Waals surface area contributed by atoms with Crippen LogP contribution in [-0.2, 0) is 9.53 Å². The standard InChI is InChI=1S/C13H12N2O5S/c1-8-4-6-21-11(8)13(18)20-7-10(16)14-15-12(17)9-3-2-5-19-9/h2-6H,7H2,1H3,(H,14,16)(H,15,17). The summed E-state index contributed by atoms with van der Waals surface area (Å²) in [6.07, 6.45) is 1.34. The number of esters is 1. The van der Waals surface area contributed by atoms with Gasteiger partial charge in [-0.15, -0.1) is 11.3 Å². The minimum atomic E-state index is -0.655. The summed E-state index contributed by atoms with van der Waals surface area (Å²) in [7, 11) is 0. The molecular weight excluding hydrogens is 296 g/mol. The van der Waals surface area contributed by atoms with Crippen molar-refractivity contribution < 1.29 is 23.5 Å². The van der Waals surface area contributed by atoms with Crippen molar-refractivity contribution in [1.29, 1.82) is 0 Å². The maximum atomic E-state index is 11.7. The number of amides is 2. The van der Waals surface area contributed by atoms with Gasteiger partial charge < -0.3 is 9.15 Å². The predicted octanol–water partition coefficient (Wildman–Crippen LogP) is 1.27. The number of rotatable bonds is 4. The second-order valence-corrected chi connectivity index (χ2v) is 4.90. The van der Waals surface area contributed by atoms with Crippen LogP contribution >= 0.6 is 11.3 Å². The molecule has 2 amide bonds. The zero-order chi connectivity index (χ0) is 15.2. The maximum Gasteiger partial charge on any atom is 0.349 e. The smallest absolute Gasteiger partial charge is 0.349 e. The lowest BCUT2D eigenvalue weighted by molar-refractivity contribution is -0.125. The van der Waals surface area contributed by atoms with E-state index >= 15 is 0 Å². The Morgan fingerprint density at radius 1 is 1.29 bits per heavy atom. The Bertz CT molecular complexity index is 647. The van der Waals surface area contributed by atoms with Crippen LogP contribution in [0.4, 0.5) is 0 Å². The summed E-state index contributed by atoms with van der Waals surface area (Å²) in [5, 5.41) is 1.76. The normalized spacial score (nSPS) is 9.95. The minimum absolute atomic E-state index is 0.0569. The van der Waals surface area contributed by atoms with E-state index in [4.69, 9.17) is 9.15 Å². The van der Waals surface area contributed by atoms with E-state index in [0.29, 0.717) is 4.88 Å². The van der Waals surface area contributed by atoms with Crippen LogP contribution in [0.5, 0.6) is 0 Å². The number of aryl methyl sites for hydroxylation is 1. The molecule has 0 fully saturated rings. The van der Waals surface area contributed by atoms with Gasteiger partial charge in [-0.05, 0) is 36.1 Å². The average Bonchev–Trinajstić information content (AvgIpc) is 3.13. The van der Waals surface area contributed by atoms with E-state index in [-0.39, 0.29) is 5.76 Å². The third-order valence-corrected chi connectivity index (χ3v) is 3.44. The number of hydrazine groups is 1. The Balaban J connectivity index is 1.74. The van der Waals surface area contributed by atoms with Crippen LogP contribution in [0, 0.1) is 6.92 Å². The number of ether oxygens (including phenoxy) is 1. The SMILES string of the molecule is Cc1ccsc1C(=O)OCC(=O)NNC(=O)c1ccco1. The molecule has 0 unspecified atom stereocenters. The van der Waals surface area contributed by atoms with E-state index in [0.717, 1.165) is 5.56 Å². The van der Waals surface area contributed by atoms with Gasteiger partial charge in [-0.25, -0.2) is 4.79 Å². The monoisotopic (exact) mass is 308 g/mol. The number of carbonyl (C=O) groups excluding carboxylic acids is 3. The molecule has 0 aliphatic heterocycles. The Morgan fingerprint density at radius 3 is 2.71 bits per heavy atom. The van der Waals surface area contributed by atoms with Gasteiger partial charge in [-0.2, -0.15) is 0 Å². The summed E-state index contributed by atoms with van der Waals surface area (Å²) in [5.41, 5.74) is 5.04. The zero-order valence-corrected chi connectivity index (χ0v) is 11.9. The molecule has 110 valence electrons. The van der Waals surface area contributed by atoms with Crippen molar-refractivity contribution >= 4 is 29.1 Å². The van der Waals surface area contributed by atoms with Gasteiger partial charge in [0.1, 0.15) is 4.88 Å². The van der Waals surface area contributed by atoms with Crippen molar-refractivity contribution in [3.05, 3.63) is 46.0 Å². The van der Waals surface area contributed by atoms with Gasteiger partial charge in [-0.1, -0.05) is 0 Å². The van der Waals surface area contributed by atoms with E-state index in [1.807, 2.05) is 0 Å². The van der Waals surface area contributed by atoms with Crippen molar-refractivity contribution in [1.82, 2.24) is 10.9 Å². The fourth-order valence-electron chi connectivity index (χ4n) is 1.41. The quantitative estimate of drug-likeness (QED) is 0.655. The van der Waals surface area contributed by atoms with Crippen LogP contribution in [0.3, 0.4) is 0 Å². The second kappa shape index (κ2) is 6.71. The number of furan rings is 1. The number of nitrogens with one attached hydrogen (secondary N) is 2. The summed E-state index contributed by atoms with van der Waals surface area (Å²) in [4.78, 5) is 35.0. The highest BCUT2D eigenvalue weighted by atomic mass is 32.1. The van der Waals surface area contributed by atoms with Crippen molar-refractivity contribution in [2.24, 2.45) is 0 Å². The molecular formula is C13H12N2O5S. The molecule has 0 bridgehead atoms. The number of carbonyl (C=O) groups is 3. The molecule has 2 aromatic heterocycles. The Morgan fingerprint density at radius 2 is 2.10 bits per heavy atom. The molecule has 8 heteroatoms. The van der Waals surface area contributed by atoms with Gasteiger partial charge in [-0.3, -0.25) is 20.4 Å². The first-order valence-corrected chi connectivity index (χ1v) is 6.80. The molecule has 2 N–H and O–H groups in total. The van der Waals surface area contributed by atoms with Crippen molar-refractivity contribution in [2.45, 2.75) is 6.92 Å². The summed E-state index contributed by atoms with van der Waals surface area (Å²) < 4.78 is 9.68. The van der Waals surface area contributed by atoms with E-state index in [2.05, 4.69) is 10.9 Å². The highest BCUT2D eigenvalue weighted by molar-refractivity contribution is 7.12. The van der Waals surface area contributed by atoms with Crippen LogP contribution < -0.4 is 10.9 Å². The zero-order valence-electron chi connectivity index (χ0n) is 11.0. The molecule has 0 radical (unpaired) electrons. The third-order valence-electron chi connectivity index (χ3n) is 2.44. The van der Waals surface area contributed by atoms with Gasteiger partial charge in [0.25, 0.3) is 5.91 Å². The molecule has 21 heavy (non-hydrogen) atoms. The maximum absolute atomic E-state index is 11.7. The molecule has 7 nitrogen and oxygen atoms in total. The fourth-order valence-corrected chi connectivity index (χ4v) is 2.23. The first-order valence-electron chi connectivity index (χ1n) is 5.92. The highest BCUT2D eigenvalue weighted by Crippen LogP contribution is 2.16. The molecule has 2 rings (SSSR count). The van der Waals surface area contributed by atoms with Crippen LogP contribution in [0.2, 0.25) is 0 Å². The molecule has 0 aromatic carbocycles. The first-order chi connectivity index (χ1) is 10.1. The van der Waals surface area contributed by atoms with Crippen LogP contribution in [0.1, 0.15) is 25.8 Å². The minimum Gasteiger partial charge on any atom is -0.459 e. The Kier molecular flexibility index (Phi) is 4.72.